The third-order valence-electron chi connectivity index (χ3n) is 5.22. The first-order chi connectivity index (χ1) is 8.72. The first-order valence-electron chi connectivity index (χ1n) is 8.21. The lowest BCUT2D eigenvalue weighted by Crippen LogP contribution is -2.51. The first kappa shape index (κ1) is 14.3. The van der Waals surface area contributed by atoms with Gasteiger partial charge >= 0.3 is 0 Å². The summed E-state index contributed by atoms with van der Waals surface area (Å²) in [7, 11) is 0. The molecule has 2 nitrogen and oxygen atoms in total. The summed E-state index contributed by atoms with van der Waals surface area (Å²) in [6.07, 6.45) is 9.74. The topological polar surface area (TPSA) is 15.3 Å². The highest BCUT2D eigenvalue weighted by Gasteiger charge is 2.33. The van der Waals surface area contributed by atoms with Crippen LogP contribution in [0.1, 0.15) is 65.7 Å². The monoisotopic (exact) mass is 252 g/mol. The Hall–Kier alpha value is -0.0800. The summed E-state index contributed by atoms with van der Waals surface area (Å²) in [5.41, 5.74) is 0. The highest BCUT2D eigenvalue weighted by Crippen LogP contribution is 2.31. The third kappa shape index (κ3) is 3.48. The van der Waals surface area contributed by atoms with Crippen LogP contribution in [0.3, 0.4) is 0 Å². The molecule has 18 heavy (non-hydrogen) atoms. The average Bonchev–Trinajstić information content (AvgIpc) is 2.40. The van der Waals surface area contributed by atoms with Gasteiger partial charge in [0, 0.05) is 18.1 Å². The Balaban J connectivity index is 1.87. The minimum Gasteiger partial charge on any atom is -0.314 e. The molecule has 0 aromatic heterocycles. The average molecular weight is 252 g/mol. The van der Waals surface area contributed by atoms with E-state index in [0.29, 0.717) is 0 Å². The van der Waals surface area contributed by atoms with Crippen LogP contribution in [0.4, 0.5) is 0 Å². The normalized spacial score (nSPS) is 38.8. The van der Waals surface area contributed by atoms with Crippen LogP contribution in [-0.2, 0) is 0 Å². The van der Waals surface area contributed by atoms with E-state index in [0.717, 1.165) is 24.0 Å². The van der Waals surface area contributed by atoms with Gasteiger partial charge in [0.05, 0.1) is 0 Å². The van der Waals surface area contributed by atoms with Crippen molar-refractivity contribution in [3.63, 3.8) is 0 Å². The van der Waals surface area contributed by atoms with E-state index in [1.807, 2.05) is 0 Å². The Bertz CT molecular complexity index is 241. The second-order valence-electron chi connectivity index (χ2n) is 6.57. The number of nitrogens with one attached hydrogen (secondary N) is 1. The standard InChI is InChI=1S/C16H32N2/c1-4-10-17-15-8-5-9-16(12-15)18-11-6-7-13(2)14(18)3/h13-17H,4-12H2,1-3H3. The van der Waals surface area contributed by atoms with Crippen LogP contribution in [0, 0.1) is 5.92 Å². The molecule has 2 heteroatoms. The van der Waals surface area contributed by atoms with Gasteiger partial charge in [0.15, 0.2) is 0 Å². The summed E-state index contributed by atoms with van der Waals surface area (Å²) >= 11 is 0. The van der Waals surface area contributed by atoms with Crippen molar-refractivity contribution in [1.29, 1.82) is 0 Å². The summed E-state index contributed by atoms with van der Waals surface area (Å²) in [4.78, 5) is 2.83. The van der Waals surface area contributed by atoms with Gasteiger partial charge < -0.3 is 5.32 Å². The lowest BCUT2D eigenvalue weighted by molar-refractivity contribution is 0.0438. The van der Waals surface area contributed by atoms with Crippen LogP contribution in [0.5, 0.6) is 0 Å². The van der Waals surface area contributed by atoms with Crippen LogP contribution >= 0.6 is 0 Å². The maximum absolute atomic E-state index is 3.74. The zero-order valence-corrected chi connectivity index (χ0v) is 12.6. The van der Waals surface area contributed by atoms with Crippen LogP contribution < -0.4 is 5.32 Å². The maximum atomic E-state index is 3.74. The second kappa shape index (κ2) is 6.91. The van der Waals surface area contributed by atoms with Crippen molar-refractivity contribution in [3.05, 3.63) is 0 Å². The molecule has 1 aliphatic carbocycles. The minimum atomic E-state index is 0.785. The summed E-state index contributed by atoms with van der Waals surface area (Å²) < 4.78 is 0. The molecule has 2 aliphatic rings. The van der Waals surface area contributed by atoms with Crippen LogP contribution in [0.2, 0.25) is 0 Å². The van der Waals surface area contributed by atoms with Crippen molar-refractivity contribution in [1.82, 2.24) is 10.2 Å². The van der Waals surface area contributed by atoms with E-state index < -0.39 is 0 Å². The van der Waals surface area contributed by atoms with E-state index >= 15 is 0 Å². The fourth-order valence-electron chi connectivity index (χ4n) is 3.88. The van der Waals surface area contributed by atoms with Gasteiger partial charge in [0.1, 0.15) is 0 Å². The zero-order chi connectivity index (χ0) is 13.0. The molecule has 1 saturated heterocycles. The lowest BCUT2D eigenvalue weighted by Gasteiger charge is -2.45. The molecule has 1 aliphatic heterocycles. The molecule has 0 bridgehead atoms. The molecular weight excluding hydrogens is 220 g/mol. The molecule has 106 valence electrons. The minimum absolute atomic E-state index is 0.785. The van der Waals surface area contributed by atoms with Gasteiger partial charge in [0.2, 0.25) is 0 Å². The van der Waals surface area contributed by atoms with Gasteiger partial charge in [-0.05, 0) is 64.5 Å². The number of hydrogen-bond donors (Lipinski definition) is 1. The van der Waals surface area contributed by atoms with Crippen molar-refractivity contribution in [2.75, 3.05) is 13.1 Å². The van der Waals surface area contributed by atoms with Crippen LogP contribution in [0.25, 0.3) is 0 Å². The molecule has 2 rings (SSSR count). The molecule has 0 radical (unpaired) electrons. The van der Waals surface area contributed by atoms with E-state index in [1.165, 1.54) is 58.0 Å². The van der Waals surface area contributed by atoms with Crippen molar-refractivity contribution < 1.29 is 0 Å². The SMILES string of the molecule is CCCNC1CCCC(N2CCCC(C)C2C)C1. The molecule has 0 aromatic rings. The Morgan fingerprint density at radius 3 is 2.72 bits per heavy atom. The van der Waals surface area contributed by atoms with E-state index in [4.69, 9.17) is 0 Å². The molecule has 1 heterocycles. The molecule has 0 spiro atoms. The van der Waals surface area contributed by atoms with Crippen LogP contribution in [-0.4, -0.2) is 36.1 Å². The lowest BCUT2D eigenvalue weighted by atomic mass is 9.85. The molecule has 2 fully saturated rings. The van der Waals surface area contributed by atoms with Crippen molar-refractivity contribution in [3.8, 4) is 0 Å². The fourth-order valence-corrected chi connectivity index (χ4v) is 3.88. The summed E-state index contributed by atoms with van der Waals surface area (Å²) in [5.74, 6) is 0.891. The van der Waals surface area contributed by atoms with E-state index in [9.17, 15) is 0 Å². The number of rotatable bonds is 4. The largest absolute Gasteiger partial charge is 0.314 e. The first-order valence-corrected chi connectivity index (χ1v) is 8.21. The smallest absolute Gasteiger partial charge is 0.0113 e. The summed E-state index contributed by atoms with van der Waals surface area (Å²) in [6.45, 7) is 9.70. The summed E-state index contributed by atoms with van der Waals surface area (Å²) in [5, 5.41) is 3.74. The molecule has 1 saturated carbocycles. The van der Waals surface area contributed by atoms with Gasteiger partial charge in [-0.3, -0.25) is 4.90 Å². The van der Waals surface area contributed by atoms with Gasteiger partial charge in [-0.15, -0.1) is 0 Å². The van der Waals surface area contributed by atoms with E-state index in [1.54, 1.807) is 0 Å². The fraction of sp³-hybridized carbons (Fsp3) is 1.00. The second-order valence-corrected chi connectivity index (χ2v) is 6.57. The predicted molar refractivity (Wildman–Crippen MR) is 78.9 cm³/mol. The molecule has 1 N–H and O–H groups in total. The Morgan fingerprint density at radius 1 is 1.11 bits per heavy atom. The number of piperidine rings is 1. The molecular formula is C16H32N2. The van der Waals surface area contributed by atoms with Gasteiger partial charge in [0.25, 0.3) is 0 Å². The predicted octanol–water partition coefficient (Wildman–Crippen LogP) is 3.42. The Kier molecular flexibility index (Phi) is 5.50. The molecule has 0 aromatic carbocycles. The molecule has 4 unspecified atom stereocenters. The quantitative estimate of drug-likeness (QED) is 0.825. The zero-order valence-electron chi connectivity index (χ0n) is 12.6. The van der Waals surface area contributed by atoms with E-state index in [2.05, 4.69) is 31.0 Å². The highest BCUT2D eigenvalue weighted by atomic mass is 15.2. The Morgan fingerprint density at radius 2 is 1.94 bits per heavy atom. The van der Waals surface area contributed by atoms with Gasteiger partial charge in [-0.25, -0.2) is 0 Å². The third-order valence-corrected chi connectivity index (χ3v) is 5.22. The van der Waals surface area contributed by atoms with Gasteiger partial charge in [-0.2, -0.15) is 0 Å². The van der Waals surface area contributed by atoms with Crippen molar-refractivity contribution in [2.45, 2.75) is 83.8 Å². The van der Waals surface area contributed by atoms with Crippen molar-refractivity contribution >= 4 is 0 Å². The number of hydrogen-bond acceptors (Lipinski definition) is 2. The van der Waals surface area contributed by atoms with E-state index in [-0.39, 0.29) is 0 Å². The van der Waals surface area contributed by atoms with Gasteiger partial charge in [-0.1, -0.05) is 20.3 Å². The molecule has 4 atom stereocenters. The van der Waals surface area contributed by atoms with Crippen molar-refractivity contribution in [2.24, 2.45) is 5.92 Å². The highest BCUT2D eigenvalue weighted by molar-refractivity contribution is 4.89. The Labute approximate surface area is 114 Å². The molecule has 0 amide bonds. The van der Waals surface area contributed by atoms with Crippen LogP contribution in [0.15, 0.2) is 0 Å². The number of likely N-dealkylation sites (tertiary alicyclic amines) is 1. The number of nitrogens with zero attached hydrogens (tertiary/aromatic N) is 1. The summed E-state index contributed by atoms with van der Waals surface area (Å²) in [6, 6.07) is 2.44. The maximum Gasteiger partial charge on any atom is 0.0113 e.